The van der Waals surface area contributed by atoms with Gasteiger partial charge in [-0.05, 0) is 36.8 Å². The van der Waals surface area contributed by atoms with E-state index in [1.54, 1.807) is 35.4 Å². The predicted octanol–water partition coefficient (Wildman–Crippen LogP) is 2.38. The minimum Gasteiger partial charge on any atom is -0.442 e. The van der Waals surface area contributed by atoms with Gasteiger partial charge in [-0.15, -0.1) is 5.10 Å². The number of amides is 1. The molecule has 5 rings (SSSR count). The fraction of sp³-hybridized carbons (Fsp3) is 0.364. The van der Waals surface area contributed by atoms with Crippen molar-refractivity contribution in [1.29, 1.82) is 0 Å². The highest BCUT2D eigenvalue weighted by atomic mass is 32.2. The van der Waals surface area contributed by atoms with Crippen LogP contribution in [-0.4, -0.2) is 67.5 Å². The van der Waals surface area contributed by atoms with Crippen LogP contribution in [0.2, 0.25) is 0 Å². The molecule has 1 aromatic carbocycles. The van der Waals surface area contributed by atoms with Crippen molar-refractivity contribution in [2.45, 2.75) is 19.6 Å². The number of rotatable bonds is 5. The Bertz CT molecular complexity index is 1190. The predicted molar refractivity (Wildman–Crippen MR) is 122 cm³/mol. The van der Waals surface area contributed by atoms with Crippen molar-refractivity contribution in [1.82, 2.24) is 20.0 Å². The third-order valence-electron chi connectivity index (χ3n) is 5.84. The third-order valence-corrected chi connectivity index (χ3v) is 7.12. The number of ether oxygens (including phenoxy) is 1. The van der Waals surface area contributed by atoms with Crippen molar-refractivity contribution in [3.05, 3.63) is 54.2 Å². The lowest BCUT2D eigenvalue weighted by Gasteiger charge is -2.28. The fourth-order valence-electron chi connectivity index (χ4n) is 4.17. The average Bonchev–Trinajstić information content (AvgIpc) is 3.44. The maximum absolute atomic E-state index is 15.1. The van der Waals surface area contributed by atoms with Crippen LogP contribution in [0.3, 0.4) is 0 Å². The van der Waals surface area contributed by atoms with Crippen LogP contribution >= 0.6 is 0 Å². The molecule has 0 saturated carbocycles. The zero-order valence-electron chi connectivity index (χ0n) is 18.1. The normalized spacial score (nSPS) is 19.2. The molecule has 0 N–H and O–H groups in total. The third kappa shape index (κ3) is 4.45. The topological polar surface area (TPSA) is 93.5 Å². The van der Waals surface area contributed by atoms with Crippen molar-refractivity contribution < 1.29 is 18.1 Å². The van der Waals surface area contributed by atoms with E-state index >= 15 is 4.39 Å². The molecular formula is C22H23FN6O3S. The van der Waals surface area contributed by atoms with Crippen LogP contribution in [0.5, 0.6) is 0 Å². The fourth-order valence-corrected chi connectivity index (χ4v) is 5.22. The molecule has 172 valence electrons. The number of carbonyl (C=O) groups excluding carboxylic acids is 1. The molecule has 0 unspecified atom stereocenters. The lowest BCUT2D eigenvalue weighted by Crippen LogP contribution is -2.38. The summed E-state index contributed by atoms with van der Waals surface area (Å²) in [4.78, 5) is 20.4. The van der Waals surface area contributed by atoms with Crippen molar-refractivity contribution >= 4 is 28.4 Å². The van der Waals surface area contributed by atoms with Gasteiger partial charge in [0, 0.05) is 58.9 Å². The summed E-state index contributed by atoms with van der Waals surface area (Å²) in [5.74, 6) is 1.67. The van der Waals surface area contributed by atoms with Crippen LogP contribution in [0.25, 0.3) is 11.1 Å². The number of aryl methyl sites for hydroxylation is 1. The molecule has 2 saturated heterocycles. The number of halogens is 1. The average molecular weight is 471 g/mol. The number of benzene rings is 1. The van der Waals surface area contributed by atoms with E-state index in [2.05, 4.69) is 20.2 Å². The van der Waals surface area contributed by atoms with Crippen LogP contribution in [0.1, 0.15) is 5.56 Å². The summed E-state index contributed by atoms with van der Waals surface area (Å²) in [6, 6.07) is 6.62. The van der Waals surface area contributed by atoms with E-state index in [1.165, 1.54) is 11.0 Å². The molecule has 11 heteroatoms. The molecule has 0 radical (unpaired) electrons. The smallest absolute Gasteiger partial charge is 0.414 e. The van der Waals surface area contributed by atoms with Crippen molar-refractivity contribution in [3.8, 4) is 11.1 Å². The van der Waals surface area contributed by atoms with Crippen LogP contribution in [-0.2, 0) is 22.1 Å². The van der Waals surface area contributed by atoms with Crippen LogP contribution < -0.4 is 9.80 Å². The van der Waals surface area contributed by atoms with Gasteiger partial charge in [-0.25, -0.2) is 18.9 Å². The molecule has 0 bridgehead atoms. The molecule has 2 fully saturated rings. The van der Waals surface area contributed by atoms with E-state index in [0.29, 0.717) is 54.5 Å². The van der Waals surface area contributed by atoms with Gasteiger partial charge in [-0.1, -0.05) is 5.21 Å². The van der Waals surface area contributed by atoms with Gasteiger partial charge in [0.1, 0.15) is 17.7 Å². The maximum Gasteiger partial charge on any atom is 0.414 e. The van der Waals surface area contributed by atoms with Crippen molar-refractivity contribution in [2.24, 2.45) is 0 Å². The lowest BCUT2D eigenvalue weighted by atomic mass is 10.0. The van der Waals surface area contributed by atoms with Gasteiger partial charge in [-0.3, -0.25) is 9.11 Å². The molecule has 1 amide bonds. The van der Waals surface area contributed by atoms with Crippen molar-refractivity contribution in [2.75, 3.05) is 40.9 Å². The van der Waals surface area contributed by atoms with E-state index in [9.17, 15) is 9.00 Å². The van der Waals surface area contributed by atoms with E-state index in [1.807, 2.05) is 13.0 Å². The number of cyclic esters (lactones) is 1. The Morgan fingerprint density at radius 3 is 2.76 bits per heavy atom. The molecule has 2 aliphatic heterocycles. The quantitative estimate of drug-likeness (QED) is 0.565. The molecule has 3 aromatic rings. The minimum atomic E-state index is -0.759. The second-order valence-electron chi connectivity index (χ2n) is 8.11. The first kappa shape index (κ1) is 21.5. The summed E-state index contributed by atoms with van der Waals surface area (Å²) >= 11 is 0. The molecule has 0 aliphatic carbocycles. The largest absolute Gasteiger partial charge is 0.442 e. The Morgan fingerprint density at radius 2 is 2.06 bits per heavy atom. The van der Waals surface area contributed by atoms with E-state index in [4.69, 9.17) is 4.74 Å². The summed E-state index contributed by atoms with van der Waals surface area (Å²) in [5.41, 5.74) is 2.44. The van der Waals surface area contributed by atoms with Crippen LogP contribution in [0.4, 0.5) is 20.7 Å². The van der Waals surface area contributed by atoms with E-state index in [-0.39, 0.29) is 0 Å². The molecule has 1 atom stereocenters. The highest BCUT2D eigenvalue weighted by Gasteiger charge is 2.33. The maximum atomic E-state index is 15.1. The minimum absolute atomic E-state index is 0.299. The Labute approximate surface area is 192 Å². The summed E-state index contributed by atoms with van der Waals surface area (Å²) in [7, 11) is -0.759. The Morgan fingerprint density at radius 1 is 1.24 bits per heavy atom. The molecule has 2 aliphatic rings. The number of hydrogen-bond donors (Lipinski definition) is 0. The second-order valence-corrected chi connectivity index (χ2v) is 9.80. The Kier molecular flexibility index (Phi) is 5.79. The highest BCUT2D eigenvalue weighted by molar-refractivity contribution is 7.85. The molecule has 0 spiro atoms. The monoisotopic (exact) mass is 470 g/mol. The summed E-state index contributed by atoms with van der Waals surface area (Å²) in [6.45, 7) is 4.03. The molecule has 9 nitrogen and oxygen atoms in total. The van der Waals surface area contributed by atoms with Gasteiger partial charge < -0.3 is 9.64 Å². The first-order chi connectivity index (χ1) is 16.0. The van der Waals surface area contributed by atoms with Crippen molar-refractivity contribution in [3.63, 3.8) is 0 Å². The standard InChI is InChI=1S/C22H23FN6O3S/c1-15-10-16(12-24-21(15)27-6-8-33(31)9-7-27)19-3-2-17(11-20(19)23)29-14-18(32-22(29)30)13-28-5-4-25-26-28/h2-5,10-12,18H,6-9,13-14H2,1H3/t18-/m0/s1. The molecule has 2 aromatic heterocycles. The number of pyridine rings is 1. The van der Waals surface area contributed by atoms with Gasteiger partial charge >= 0.3 is 6.09 Å². The SMILES string of the molecule is Cc1cc(-c2ccc(N3C[C@H](Cn4ccnn4)OC3=O)cc2F)cnc1N1CCS(=O)CC1. The number of hydrogen-bond acceptors (Lipinski definition) is 7. The second kappa shape index (κ2) is 8.89. The first-order valence-electron chi connectivity index (χ1n) is 10.7. The molecule has 33 heavy (non-hydrogen) atoms. The van der Waals surface area contributed by atoms with Gasteiger partial charge in [0.25, 0.3) is 0 Å². The van der Waals surface area contributed by atoms with Crippen LogP contribution in [0.15, 0.2) is 42.9 Å². The summed E-state index contributed by atoms with van der Waals surface area (Å²) in [6.07, 6.45) is 3.99. The number of aromatic nitrogens is 4. The number of carbonyl (C=O) groups is 1. The summed E-state index contributed by atoms with van der Waals surface area (Å²) < 4.78 is 33.7. The Hall–Kier alpha value is -3.34. The van der Waals surface area contributed by atoms with Gasteiger partial charge in [-0.2, -0.15) is 0 Å². The number of anilines is 2. The first-order valence-corrected chi connectivity index (χ1v) is 12.2. The van der Waals surface area contributed by atoms with E-state index < -0.39 is 28.8 Å². The summed E-state index contributed by atoms with van der Waals surface area (Å²) in [5, 5.41) is 7.62. The van der Waals surface area contributed by atoms with Gasteiger partial charge in [0.2, 0.25) is 0 Å². The van der Waals surface area contributed by atoms with Gasteiger partial charge in [0.15, 0.2) is 0 Å². The number of nitrogens with zero attached hydrogens (tertiary/aromatic N) is 6. The highest BCUT2D eigenvalue weighted by Crippen LogP contribution is 2.31. The lowest BCUT2D eigenvalue weighted by molar-refractivity contribution is 0.129. The zero-order chi connectivity index (χ0) is 22.9. The molecule has 4 heterocycles. The Balaban J connectivity index is 1.32. The van der Waals surface area contributed by atoms with Gasteiger partial charge in [0.05, 0.1) is 25.0 Å². The zero-order valence-corrected chi connectivity index (χ0v) is 18.9. The van der Waals surface area contributed by atoms with Crippen LogP contribution in [0, 0.1) is 12.7 Å². The van der Waals surface area contributed by atoms with E-state index in [0.717, 1.165) is 11.4 Å². The molecular weight excluding hydrogens is 447 g/mol.